The fourth-order valence-electron chi connectivity index (χ4n) is 7.33. The largest absolute Gasteiger partial charge is 0.256 e. The molecule has 0 N–H and O–H groups in total. The van der Waals surface area contributed by atoms with Crippen LogP contribution in [0.25, 0.3) is 88.4 Å². The number of benzene rings is 8. The van der Waals surface area contributed by atoms with Gasteiger partial charge < -0.3 is 0 Å². The van der Waals surface area contributed by atoms with Gasteiger partial charge in [0.2, 0.25) is 0 Å². The van der Waals surface area contributed by atoms with Crippen LogP contribution in [0.5, 0.6) is 0 Å². The van der Waals surface area contributed by atoms with Gasteiger partial charge in [0.15, 0.2) is 0 Å². The Bertz CT molecular complexity index is 2250. The maximum atomic E-state index is 5.16. The quantitative estimate of drug-likeness (QED) is 0.166. The lowest BCUT2D eigenvalue weighted by Gasteiger charge is -2.19. The van der Waals surface area contributed by atoms with E-state index >= 15 is 0 Å². The lowest BCUT2D eigenvalue weighted by molar-refractivity contribution is 1.42. The van der Waals surface area contributed by atoms with E-state index in [9.17, 15) is 0 Å². The molecule has 0 spiro atoms. The smallest absolute Gasteiger partial charge is 0.0792 e. The number of aromatic nitrogens is 1. The van der Waals surface area contributed by atoms with Gasteiger partial charge in [-0.15, -0.1) is 0 Å². The van der Waals surface area contributed by atoms with Crippen molar-refractivity contribution in [3.63, 3.8) is 0 Å². The van der Waals surface area contributed by atoms with Crippen LogP contribution >= 0.6 is 0 Å². The van der Waals surface area contributed by atoms with Gasteiger partial charge in [0.1, 0.15) is 0 Å². The number of nitrogens with zero attached hydrogens (tertiary/aromatic N) is 1. The highest BCUT2D eigenvalue weighted by molar-refractivity contribution is 6.20. The number of hydrogen-bond donors (Lipinski definition) is 0. The number of pyridine rings is 1. The summed E-state index contributed by atoms with van der Waals surface area (Å²) in [5.74, 6) is 0. The normalized spacial score (nSPS) is 11.2. The minimum atomic E-state index is 0.997. The summed E-state index contributed by atoms with van der Waals surface area (Å²) in [5.41, 5.74) is 15.2. The van der Waals surface area contributed by atoms with E-state index in [4.69, 9.17) is 4.98 Å². The fourth-order valence-corrected chi connectivity index (χ4v) is 7.33. The van der Waals surface area contributed by atoms with Crippen LogP contribution in [0, 0.1) is 0 Å². The molecule has 8 aromatic carbocycles. The van der Waals surface area contributed by atoms with Gasteiger partial charge in [0.05, 0.1) is 5.52 Å². The molecule has 1 aromatic heterocycles. The van der Waals surface area contributed by atoms with E-state index in [-0.39, 0.29) is 0 Å². The molecule has 9 aromatic rings. The molecule has 234 valence electrons. The number of fused-ring (bicyclic) bond motifs is 2. The molecule has 50 heavy (non-hydrogen) atoms. The van der Waals surface area contributed by atoms with Crippen molar-refractivity contribution >= 4 is 21.7 Å². The second-order valence-electron chi connectivity index (χ2n) is 12.8. The second-order valence-corrected chi connectivity index (χ2v) is 12.8. The highest BCUT2D eigenvalue weighted by Crippen LogP contribution is 2.46. The van der Waals surface area contributed by atoms with Crippen LogP contribution in [-0.4, -0.2) is 4.98 Å². The van der Waals surface area contributed by atoms with Crippen molar-refractivity contribution in [2.24, 2.45) is 0 Å². The number of hydrogen-bond acceptors (Lipinski definition) is 1. The zero-order chi connectivity index (χ0) is 33.3. The first kappa shape index (κ1) is 29.6. The van der Waals surface area contributed by atoms with E-state index in [0.717, 1.165) is 22.0 Å². The lowest BCUT2D eigenvalue weighted by atomic mass is 9.85. The monoisotopic (exact) mass is 635 g/mol. The molecule has 0 fully saturated rings. The van der Waals surface area contributed by atoms with E-state index in [0.29, 0.717) is 0 Å². The Hall–Kier alpha value is -6.57. The summed E-state index contributed by atoms with van der Waals surface area (Å²) in [6, 6.07) is 69.9. The SMILES string of the molecule is c1ccc(-c2cc(-c3ccccc3)cc(-c3c4ccccc4c(-c4cc(-c5ccccc5)cc(-c5ccccc5)c4)c4ncccc34)c2)cc1. The second kappa shape index (κ2) is 12.8. The van der Waals surface area contributed by atoms with Crippen LogP contribution in [0.1, 0.15) is 0 Å². The zero-order valence-electron chi connectivity index (χ0n) is 27.5. The van der Waals surface area contributed by atoms with E-state index in [1.54, 1.807) is 0 Å². The molecule has 0 bridgehead atoms. The van der Waals surface area contributed by atoms with Crippen molar-refractivity contribution < 1.29 is 0 Å². The van der Waals surface area contributed by atoms with Crippen molar-refractivity contribution in [2.45, 2.75) is 0 Å². The first-order valence-electron chi connectivity index (χ1n) is 17.1. The Morgan fingerprint density at radius 3 is 0.980 bits per heavy atom. The summed E-state index contributed by atoms with van der Waals surface area (Å²) in [6.45, 7) is 0. The van der Waals surface area contributed by atoms with Crippen molar-refractivity contribution in [3.05, 3.63) is 200 Å². The molecule has 0 atom stereocenters. The Morgan fingerprint density at radius 1 is 0.240 bits per heavy atom. The molecule has 9 rings (SSSR count). The molecule has 1 heterocycles. The molecule has 0 aliphatic rings. The molecule has 1 nitrogen and oxygen atoms in total. The van der Waals surface area contributed by atoms with Crippen LogP contribution in [0.15, 0.2) is 200 Å². The average Bonchev–Trinajstić information content (AvgIpc) is 3.21. The summed E-state index contributed by atoms with van der Waals surface area (Å²) >= 11 is 0. The Morgan fingerprint density at radius 2 is 0.560 bits per heavy atom. The maximum Gasteiger partial charge on any atom is 0.0792 e. The van der Waals surface area contributed by atoms with Gasteiger partial charge in [0, 0.05) is 17.1 Å². The molecule has 1 heteroatoms. The third-order valence-corrected chi connectivity index (χ3v) is 9.65. The van der Waals surface area contributed by atoms with Crippen molar-refractivity contribution in [3.8, 4) is 66.8 Å². The van der Waals surface area contributed by atoms with Crippen molar-refractivity contribution in [1.29, 1.82) is 0 Å². The lowest BCUT2D eigenvalue weighted by Crippen LogP contribution is -1.94. The zero-order valence-corrected chi connectivity index (χ0v) is 27.5. The van der Waals surface area contributed by atoms with Gasteiger partial charge in [-0.05, 0) is 114 Å². The Kier molecular flexibility index (Phi) is 7.57. The van der Waals surface area contributed by atoms with Crippen LogP contribution in [-0.2, 0) is 0 Å². The van der Waals surface area contributed by atoms with E-state index in [1.165, 1.54) is 66.4 Å². The van der Waals surface area contributed by atoms with Crippen LogP contribution in [0.2, 0.25) is 0 Å². The first-order chi connectivity index (χ1) is 24.8. The molecule has 0 amide bonds. The topological polar surface area (TPSA) is 12.9 Å². The van der Waals surface area contributed by atoms with Crippen molar-refractivity contribution in [2.75, 3.05) is 0 Å². The molecule has 0 radical (unpaired) electrons. The maximum absolute atomic E-state index is 5.16. The van der Waals surface area contributed by atoms with Gasteiger partial charge in [-0.2, -0.15) is 0 Å². The Balaban J connectivity index is 1.35. The summed E-state index contributed by atoms with van der Waals surface area (Å²) in [4.78, 5) is 5.16. The van der Waals surface area contributed by atoms with Gasteiger partial charge in [-0.25, -0.2) is 0 Å². The average molecular weight is 636 g/mol. The van der Waals surface area contributed by atoms with Gasteiger partial charge >= 0.3 is 0 Å². The summed E-state index contributed by atoms with van der Waals surface area (Å²) in [5, 5.41) is 3.53. The summed E-state index contributed by atoms with van der Waals surface area (Å²) < 4.78 is 0. The molecule has 0 saturated heterocycles. The molecule has 0 saturated carbocycles. The molecular weight excluding hydrogens is 603 g/mol. The molecule has 0 aliphatic carbocycles. The first-order valence-corrected chi connectivity index (χ1v) is 17.1. The van der Waals surface area contributed by atoms with Crippen LogP contribution in [0.4, 0.5) is 0 Å². The van der Waals surface area contributed by atoms with Gasteiger partial charge in [0.25, 0.3) is 0 Å². The third kappa shape index (κ3) is 5.45. The predicted molar refractivity (Wildman–Crippen MR) is 212 cm³/mol. The molecule has 0 unspecified atom stereocenters. The molecular formula is C49H33N. The van der Waals surface area contributed by atoms with E-state index < -0.39 is 0 Å². The molecule has 0 aliphatic heterocycles. The van der Waals surface area contributed by atoms with Gasteiger partial charge in [-0.3, -0.25) is 4.98 Å². The van der Waals surface area contributed by atoms with Crippen LogP contribution in [0.3, 0.4) is 0 Å². The summed E-state index contributed by atoms with van der Waals surface area (Å²) in [6.07, 6.45) is 1.93. The van der Waals surface area contributed by atoms with E-state index in [1.807, 2.05) is 6.20 Å². The van der Waals surface area contributed by atoms with Gasteiger partial charge in [-0.1, -0.05) is 152 Å². The summed E-state index contributed by atoms with van der Waals surface area (Å²) in [7, 11) is 0. The highest BCUT2D eigenvalue weighted by atomic mass is 14.7. The van der Waals surface area contributed by atoms with Crippen LogP contribution < -0.4 is 0 Å². The third-order valence-electron chi connectivity index (χ3n) is 9.65. The minimum Gasteiger partial charge on any atom is -0.256 e. The highest BCUT2D eigenvalue weighted by Gasteiger charge is 2.20. The van der Waals surface area contributed by atoms with Crippen molar-refractivity contribution in [1.82, 2.24) is 4.98 Å². The van der Waals surface area contributed by atoms with E-state index in [2.05, 4.69) is 194 Å². The standard InChI is InChI=1S/C49H33N/c1-5-16-34(17-6-1)38-28-39(35-18-7-2-8-19-35)31-42(30-38)47-44-24-13-14-25-45(44)48(49-46(47)26-15-27-50-49)43-32-40(36-20-9-3-10-21-36)29-41(33-43)37-22-11-4-12-23-37/h1-33H. The fraction of sp³-hybridized carbons (Fsp3) is 0. The number of rotatable bonds is 6. The minimum absolute atomic E-state index is 0.997. The Labute approximate surface area is 292 Å². The predicted octanol–water partition coefficient (Wildman–Crippen LogP) is 13.4.